The highest BCUT2D eigenvalue weighted by atomic mass is 16.6. The van der Waals surface area contributed by atoms with Crippen LogP contribution in [-0.4, -0.2) is 35.0 Å². The number of hydrogen-bond acceptors (Lipinski definition) is 4. The van der Waals surface area contributed by atoms with Crippen molar-refractivity contribution in [1.29, 1.82) is 0 Å². The molecule has 0 amide bonds. The number of fused-ring (bicyclic) bond motifs is 5. The van der Waals surface area contributed by atoms with Crippen LogP contribution < -0.4 is 4.74 Å². The van der Waals surface area contributed by atoms with Gasteiger partial charge in [-0.1, -0.05) is 25.3 Å². The molecule has 1 aliphatic carbocycles. The van der Waals surface area contributed by atoms with Gasteiger partial charge in [0, 0.05) is 23.0 Å². The minimum atomic E-state index is -0.558. The number of carbonyl (C=O) groups excluding carboxylic acids is 1. The molecular weight excluding hydrogens is 450 g/mol. The maximum absolute atomic E-state index is 13.0. The summed E-state index contributed by atoms with van der Waals surface area (Å²) in [7, 11) is 1.69. The van der Waals surface area contributed by atoms with Gasteiger partial charge in [0.25, 0.3) is 0 Å². The van der Waals surface area contributed by atoms with Gasteiger partial charge in [-0.25, -0.2) is 4.79 Å². The number of nitrogens with zero attached hydrogens (tertiary/aromatic N) is 1. The summed E-state index contributed by atoms with van der Waals surface area (Å²) in [5.41, 5.74) is 7.92. The number of benzene rings is 2. The maximum Gasteiger partial charge on any atom is 0.338 e. The van der Waals surface area contributed by atoms with Gasteiger partial charge in [-0.3, -0.25) is 0 Å². The van der Waals surface area contributed by atoms with E-state index in [1.807, 2.05) is 39.0 Å². The molecule has 2 aromatic carbocycles. The molecular formula is C31H37NO4. The van der Waals surface area contributed by atoms with Gasteiger partial charge < -0.3 is 19.1 Å². The van der Waals surface area contributed by atoms with Crippen molar-refractivity contribution >= 4 is 22.4 Å². The standard InChI is InChI=1S/C31H37NO4/c1-19-22(18-33)17-32-27-15-21(30(34)36-31(2,3)4)11-13-25(27)28(20-9-7-6-8-10-20)29(32)24-14-12-23(35-5)16-26(19)24/h11-16,20,33H,6-10,17-18H2,1-5H3. The Bertz CT molecular complexity index is 1350. The highest BCUT2D eigenvalue weighted by Crippen LogP contribution is 2.48. The lowest BCUT2D eigenvalue weighted by Crippen LogP contribution is -2.23. The molecule has 1 aliphatic heterocycles. The fraction of sp³-hybridized carbons (Fsp3) is 0.452. The fourth-order valence-corrected chi connectivity index (χ4v) is 5.93. The molecule has 190 valence electrons. The summed E-state index contributed by atoms with van der Waals surface area (Å²) >= 11 is 0. The van der Waals surface area contributed by atoms with Crippen LogP contribution >= 0.6 is 0 Å². The molecule has 5 rings (SSSR count). The number of esters is 1. The molecule has 0 radical (unpaired) electrons. The van der Waals surface area contributed by atoms with E-state index in [0.717, 1.165) is 33.5 Å². The third-order valence-electron chi connectivity index (χ3n) is 7.71. The van der Waals surface area contributed by atoms with Gasteiger partial charge in [0.1, 0.15) is 11.4 Å². The number of aromatic nitrogens is 1. The SMILES string of the molecule is COc1ccc2c(c1)C(C)=C(CO)Cn1c-2c(C2CCCCC2)c2ccc(C(=O)OC(C)(C)C)cc21. The Labute approximate surface area is 213 Å². The van der Waals surface area contributed by atoms with Gasteiger partial charge in [0.05, 0.1) is 25.0 Å². The van der Waals surface area contributed by atoms with Crippen LogP contribution in [0.15, 0.2) is 42.0 Å². The Kier molecular flexibility index (Phi) is 6.46. The lowest BCUT2D eigenvalue weighted by atomic mass is 9.81. The molecule has 3 aromatic rings. The van der Waals surface area contributed by atoms with Crippen molar-refractivity contribution in [2.24, 2.45) is 0 Å². The van der Waals surface area contributed by atoms with Crippen molar-refractivity contribution in [3.05, 3.63) is 58.7 Å². The van der Waals surface area contributed by atoms with Crippen LogP contribution in [0.1, 0.15) is 87.2 Å². The highest BCUT2D eigenvalue weighted by molar-refractivity contribution is 6.00. The number of rotatable bonds is 4. The quantitative estimate of drug-likeness (QED) is 0.399. The minimum absolute atomic E-state index is 0.0217. The lowest BCUT2D eigenvalue weighted by molar-refractivity contribution is 0.00696. The second kappa shape index (κ2) is 9.44. The van der Waals surface area contributed by atoms with E-state index in [9.17, 15) is 9.90 Å². The van der Waals surface area contributed by atoms with Gasteiger partial charge in [0.15, 0.2) is 0 Å². The number of ether oxygens (including phenoxy) is 2. The number of aliphatic hydroxyl groups excluding tert-OH is 1. The molecule has 36 heavy (non-hydrogen) atoms. The summed E-state index contributed by atoms with van der Waals surface area (Å²) < 4.78 is 13.6. The molecule has 0 saturated heterocycles. The van der Waals surface area contributed by atoms with E-state index in [2.05, 4.69) is 29.7 Å². The Hall–Kier alpha value is -3.05. The molecule has 1 N–H and O–H groups in total. The molecule has 0 spiro atoms. The van der Waals surface area contributed by atoms with Crippen LogP contribution in [0.3, 0.4) is 0 Å². The smallest absolute Gasteiger partial charge is 0.338 e. The second-order valence-electron chi connectivity index (χ2n) is 11.2. The Morgan fingerprint density at radius 1 is 1.06 bits per heavy atom. The van der Waals surface area contributed by atoms with Crippen LogP contribution in [0.25, 0.3) is 27.7 Å². The van der Waals surface area contributed by atoms with Gasteiger partial charge in [0.2, 0.25) is 0 Å². The summed E-state index contributed by atoms with van der Waals surface area (Å²) in [6.07, 6.45) is 6.11. The maximum atomic E-state index is 13.0. The topological polar surface area (TPSA) is 60.7 Å². The van der Waals surface area contributed by atoms with Gasteiger partial charge in [-0.05, 0) is 99.1 Å². The zero-order valence-corrected chi connectivity index (χ0v) is 22.1. The largest absolute Gasteiger partial charge is 0.497 e. The monoisotopic (exact) mass is 487 g/mol. The molecule has 0 bridgehead atoms. The van der Waals surface area contributed by atoms with E-state index in [1.165, 1.54) is 48.7 Å². The van der Waals surface area contributed by atoms with E-state index in [1.54, 1.807) is 7.11 Å². The molecule has 5 heteroatoms. The van der Waals surface area contributed by atoms with E-state index < -0.39 is 5.60 Å². The van der Waals surface area contributed by atoms with Crippen molar-refractivity contribution in [3.63, 3.8) is 0 Å². The Balaban J connectivity index is 1.80. The van der Waals surface area contributed by atoms with E-state index in [-0.39, 0.29) is 12.6 Å². The van der Waals surface area contributed by atoms with E-state index in [0.29, 0.717) is 18.0 Å². The van der Waals surface area contributed by atoms with Crippen molar-refractivity contribution in [2.75, 3.05) is 13.7 Å². The summed E-state index contributed by atoms with van der Waals surface area (Å²) in [5, 5.41) is 11.6. The minimum Gasteiger partial charge on any atom is -0.497 e. The van der Waals surface area contributed by atoms with Crippen LogP contribution in [0.4, 0.5) is 0 Å². The first-order valence-electron chi connectivity index (χ1n) is 13.1. The van der Waals surface area contributed by atoms with E-state index in [4.69, 9.17) is 9.47 Å². The average molecular weight is 488 g/mol. The Morgan fingerprint density at radius 2 is 1.81 bits per heavy atom. The van der Waals surface area contributed by atoms with Gasteiger partial charge in [-0.2, -0.15) is 0 Å². The molecule has 0 atom stereocenters. The third kappa shape index (κ3) is 4.34. The van der Waals surface area contributed by atoms with Crippen LogP contribution in [-0.2, 0) is 11.3 Å². The second-order valence-corrected chi connectivity index (χ2v) is 11.2. The van der Waals surface area contributed by atoms with E-state index >= 15 is 0 Å². The highest BCUT2D eigenvalue weighted by Gasteiger charge is 2.31. The fourth-order valence-electron chi connectivity index (χ4n) is 5.93. The number of hydrogen-bond donors (Lipinski definition) is 1. The van der Waals surface area contributed by atoms with Crippen molar-refractivity contribution in [3.8, 4) is 17.0 Å². The molecule has 1 saturated carbocycles. The molecule has 0 unspecified atom stereocenters. The third-order valence-corrected chi connectivity index (χ3v) is 7.71. The number of carbonyl (C=O) groups is 1. The predicted octanol–water partition coefficient (Wildman–Crippen LogP) is 7.10. The summed E-state index contributed by atoms with van der Waals surface area (Å²) in [4.78, 5) is 13.0. The zero-order chi connectivity index (χ0) is 25.6. The summed E-state index contributed by atoms with van der Waals surface area (Å²) in [5.74, 6) is 0.962. The van der Waals surface area contributed by atoms with Crippen molar-refractivity contribution in [2.45, 2.75) is 77.9 Å². The molecule has 2 aliphatic rings. The zero-order valence-electron chi connectivity index (χ0n) is 22.1. The number of aliphatic hydroxyl groups is 1. The molecule has 1 aromatic heterocycles. The molecule has 2 heterocycles. The normalized spacial score (nSPS) is 16.5. The predicted molar refractivity (Wildman–Crippen MR) is 145 cm³/mol. The first-order valence-corrected chi connectivity index (χ1v) is 13.1. The first-order chi connectivity index (χ1) is 17.2. The van der Waals surface area contributed by atoms with Crippen LogP contribution in [0, 0.1) is 0 Å². The number of methoxy groups -OCH3 is 1. The van der Waals surface area contributed by atoms with Crippen LogP contribution in [0.5, 0.6) is 5.75 Å². The first kappa shape index (κ1) is 24.6. The summed E-state index contributed by atoms with van der Waals surface area (Å²) in [6, 6.07) is 12.3. The molecule has 1 fully saturated rings. The summed E-state index contributed by atoms with van der Waals surface area (Å²) in [6.45, 7) is 8.31. The van der Waals surface area contributed by atoms with Crippen molar-refractivity contribution in [1.82, 2.24) is 4.57 Å². The lowest BCUT2D eigenvalue weighted by Gasteiger charge is -2.24. The van der Waals surface area contributed by atoms with Gasteiger partial charge in [-0.15, -0.1) is 0 Å². The average Bonchev–Trinajstić information content (AvgIpc) is 3.12. The van der Waals surface area contributed by atoms with Crippen LogP contribution in [0.2, 0.25) is 0 Å². The van der Waals surface area contributed by atoms with Gasteiger partial charge >= 0.3 is 5.97 Å². The Morgan fingerprint density at radius 3 is 2.47 bits per heavy atom. The number of allylic oxidation sites excluding steroid dienone is 1. The molecule has 5 nitrogen and oxygen atoms in total. The van der Waals surface area contributed by atoms with Crippen molar-refractivity contribution < 1.29 is 19.4 Å².